The second-order valence-corrected chi connectivity index (χ2v) is 8.92. The number of carbonyl (C=O) groups is 2. The predicted molar refractivity (Wildman–Crippen MR) is 119 cm³/mol. The summed E-state index contributed by atoms with van der Waals surface area (Å²) in [5, 5.41) is 5.41. The number of likely N-dealkylation sites (tertiary alicyclic amines) is 1. The SMILES string of the molecule is CCOC(=O)c1cnc2c(c(C)nn2C)c1N1CCC(C(=O)N2CCC(C)CC2)CC1. The molecule has 0 spiro atoms. The minimum Gasteiger partial charge on any atom is -0.462 e. The average Bonchev–Trinajstić information content (AvgIpc) is 3.07. The molecule has 0 radical (unpaired) electrons. The van der Waals surface area contributed by atoms with Gasteiger partial charge in [-0.25, -0.2) is 9.78 Å². The van der Waals surface area contributed by atoms with Crippen molar-refractivity contribution in [2.45, 2.75) is 46.5 Å². The highest BCUT2D eigenvalue weighted by atomic mass is 16.5. The second kappa shape index (κ2) is 8.85. The third-order valence-electron chi connectivity index (χ3n) is 6.75. The molecule has 0 atom stereocenters. The molecule has 0 saturated carbocycles. The van der Waals surface area contributed by atoms with E-state index in [1.54, 1.807) is 17.8 Å². The number of hydrogen-bond acceptors (Lipinski definition) is 6. The fourth-order valence-corrected chi connectivity index (χ4v) is 4.92. The number of anilines is 1. The van der Waals surface area contributed by atoms with Gasteiger partial charge in [-0.1, -0.05) is 6.92 Å². The van der Waals surface area contributed by atoms with E-state index in [0.717, 1.165) is 74.3 Å². The van der Waals surface area contributed by atoms with Gasteiger partial charge < -0.3 is 14.5 Å². The Labute approximate surface area is 183 Å². The van der Waals surface area contributed by atoms with Crippen LogP contribution in [0.4, 0.5) is 5.69 Å². The number of amides is 1. The second-order valence-electron chi connectivity index (χ2n) is 8.92. The Hall–Kier alpha value is -2.64. The van der Waals surface area contributed by atoms with Crippen LogP contribution in [0.5, 0.6) is 0 Å². The third-order valence-corrected chi connectivity index (χ3v) is 6.75. The van der Waals surface area contributed by atoms with Crippen LogP contribution in [0.3, 0.4) is 0 Å². The van der Waals surface area contributed by atoms with Crippen molar-refractivity contribution < 1.29 is 14.3 Å². The molecule has 31 heavy (non-hydrogen) atoms. The van der Waals surface area contributed by atoms with Gasteiger partial charge in [0, 0.05) is 45.3 Å². The quantitative estimate of drug-likeness (QED) is 0.698. The molecule has 2 saturated heterocycles. The Morgan fingerprint density at radius 3 is 2.45 bits per heavy atom. The monoisotopic (exact) mass is 427 g/mol. The van der Waals surface area contributed by atoms with E-state index in [2.05, 4.69) is 26.8 Å². The summed E-state index contributed by atoms with van der Waals surface area (Å²) in [5.74, 6) is 0.706. The number of aryl methyl sites for hydroxylation is 2. The smallest absolute Gasteiger partial charge is 0.341 e. The van der Waals surface area contributed by atoms with Crippen LogP contribution in [0.25, 0.3) is 11.0 Å². The van der Waals surface area contributed by atoms with Crippen LogP contribution in [0.2, 0.25) is 0 Å². The highest BCUT2D eigenvalue weighted by Gasteiger charge is 2.33. The van der Waals surface area contributed by atoms with Gasteiger partial charge in [-0.15, -0.1) is 0 Å². The molecule has 0 aromatic carbocycles. The van der Waals surface area contributed by atoms with Crippen molar-refractivity contribution in [2.24, 2.45) is 18.9 Å². The number of esters is 1. The Bertz CT molecular complexity index is 969. The molecular formula is C23H33N5O3. The summed E-state index contributed by atoms with van der Waals surface area (Å²) < 4.78 is 7.06. The van der Waals surface area contributed by atoms with Gasteiger partial charge in [-0.3, -0.25) is 9.48 Å². The molecule has 2 aromatic heterocycles. The van der Waals surface area contributed by atoms with Crippen LogP contribution in [0, 0.1) is 18.8 Å². The van der Waals surface area contributed by atoms with Gasteiger partial charge in [0.2, 0.25) is 5.91 Å². The molecule has 2 fully saturated rings. The lowest BCUT2D eigenvalue weighted by Gasteiger charge is -2.38. The average molecular weight is 428 g/mol. The summed E-state index contributed by atoms with van der Waals surface area (Å²) in [6.07, 6.45) is 5.38. The van der Waals surface area contributed by atoms with Crippen LogP contribution in [-0.2, 0) is 16.6 Å². The standard InChI is InChI=1S/C23H33N5O3/c1-5-31-23(30)18-14-24-21-19(16(3)25-26(21)4)20(18)27-12-8-17(9-13-27)22(29)28-10-6-15(2)7-11-28/h14-15,17H,5-13H2,1-4H3. The van der Waals surface area contributed by atoms with Crippen molar-refractivity contribution in [3.63, 3.8) is 0 Å². The number of piperidine rings is 2. The van der Waals surface area contributed by atoms with E-state index < -0.39 is 0 Å². The first-order valence-electron chi connectivity index (χ1n) is 11.4. The maximum absolute atomic E-state index is 13.0. The summed E-state index contributed by atoms with van der Waals surface area (Å²) >= 11 is 0. The van der Waals surface area contributed by atoms with Crippen LogP contribution in [-0.4, -0.2) is 64.3 Å². The van der Waals surface area contributed by atoms with E-state index in [1.807, 2.05) is 14.0 Å². The van der Waals surface area contributed by atoms with Crippen LogP contribution in [0.1, 0.15) is 55.6 Å². The first kappa shape index (κ1) is 21.6. The van der Waals surface area contributed by atoms with E-state index in [-0.39, 0.29) is 11.9 Å². The van der Waals surface area contributed by atoms with Crippen molar-refractivity contribution in [1.29, 1.82) is 0 Å². The summed E-state index contributed by atoms with van der Waals surface area (Å²) in [6.45, 7) is 9.53. The minimum absolute atomic E-state index is 0.0584. The van der Waals surface area contributed by atoms with Crippen molar-refractivity contribution in [3.8, 4) is 0 Å². The number of nitrogens with zero attached hydrogens (tertiary/aromatic N) is 5. The molecule has 0 aliphatic carbocycles. The largest absolute Gasteiger partial charge is 0.462 e. The number of aromatic nitrogens is 3. The van der Waals surface area contributed by atoms with Crippen molar-refractivity contribution in [2.75, 3.05) is 37.7 Å². The van der Waals surface area contributed by atoms with Crippen LogP contribution >= 0.6 is 0 Å². The lowest BCUT2D eigenvalue weighted by Crippen LogP contribution is -2.45. The van der Waals surface area contributed by atoms with Gasteiger partial charge in [0.1, 0.15) is 5.56 Å². The van der Waals surface area contributed by atoms with E-state index in [9.17, 15) is 9.59 Å². The van der Waals surface area contributed by atoms with Gasteiger partial charge in [-0.05, 0) is 45.4 Å². The first-order chi connectivity index (χ1) is 14.9. The van der Waals surface area contributed by atoms with Gasteiger partial charge in [-0.2, -0.15) is 5.10 Å². The molecule has 2 aliphatic heterocycles. The van der Waals surface area contributed by atoms with E-state index in [4.69, 9.17) is 4.74 Å². The lowest BCUT2D eigenvalue weighted by atomic mass is 9.92. The Kier molecular flexibility index (Phi) is 6.16. The molecule has 1 amide bonds. The first-order valence-corrected chi connectivity index (χ1v) is 11.4. The maximum atomic E-state index is 13.0. The highest BCUT2D eigenvalue weighted by Crippen LogP contribution is 2.35. The summed E-state index contributed by atoms with van der Waals surface area (Å²) in [4.78, 5) is 34.5. The Balaban J connectivity index is 1.57. The molecule has 0 bridgehead atoms. The Morgan fingerprint density at radius 2 is 1.81 bits per heavy atom. The fraction of sp³-hybridized carbons (Fsp3) is 0.652. The molecule has 0 unspecified atom stereocenters. The normalized spacial score (nSPS) is 18.6. The molecule has 2 aliphatic rings. The topological polar surface area (TPSA) is 80.6 Å². The number of ether oxygens (including phenoxy) is 1. The number of pyridine rings is 1. The molecular weight excluding hydrogens is 394 g/mol. The molecule has 4 heterocycles. The highest BCUT2D eigenvalue weighted by molar-refractivity contribution is 6.05. The van der Waals surface area contributed by atoms with Crippen LogP contribution in [0.15, 0.2) is 6.20 Å². The predicted octanol–water partition coefficient (Wildman–Crippen LogP) is 2.93. The molecule has 168 valence electrons. The third kappa shape index (κ3) is 4.12. The summed E-state index contributed by atoms with van der Waals surface area (Å²) in [7, 11) is 1.86. The molecule has 2 aromatic rings. The molecule has 8 nitrogen and oxygen atoms in total. The molecule has 8 heteroatoms. The van der Waals surface area contributed by atoms with Gasteiger partial charge in [0.15, 0.2) is 5.65 Å². The van der Waals surface area contributed by atoms with Crippen molar-refractivity contribution in [1.82, 2.24) is 19.7 Å². The number of rotatable bonds is 4. The van der Waals surface area contributed by atoms with Gasteiger partial charge in [0.25, 0.3) is 0 Å². The number of carbonyl (C=O) groups excluding carboxylic acids is 2. The fourth-order valence-electron chi connectivity index (χ4n) is 4.92. The molecule has 4 rings (SSSR count). The summed E-state index contributed by atoms with van der Waals surface area (Å²) in [5.41, 5.74) is 2.90. The zero-order chi connectivity index (χ0) is 22.1. The van der Waals surface area contributed by atoms with Gasteiger partial charge in [0.05, 0.1) is 23.4 Å². The van der Waals surface area contributed by atoms with Gasteiger partial charge >= 0.3 is 5.97 Å². The van der Waals surface area contributed by atoms with Crippen LogP contribution < -0.4 is 4.90 Å². The summed E-state index contributed by atoms with van der Waals surface area (Å²) in [6, 6.07) is 0. The number of hydrogen-bond donors (Lipinski definition) is 0. The van der Waals surface area contributed by atoms with Crippen molar-refractivity contribution >= 4 is 28.6 Å². The maximum Gasteiger partial charge on any atom is 0.341 e. The van der Waals surface area contributed by atoms with E-state index in [0.29, 0.717) is 24.0 Å². The number of fused-ring (bicyclic) bond motifs is 1. The van der Waals surface area contributed by atoms with E-state index >= 15 is 0 Å². The zero-order valence-electron chi connectivity index (χ0n) is 19.1. The Morgan fingerprint density at radius 1 is 1.13 bits per heavy atom. The zero-order valence-corrected chi connectivity index (χ0v) is 19.1. The minimum atomic E-state index is -0.365. The molecule has 0 N–H and O–H groups in total. The van der Waals surface area contributed by atoms with E-state index in [1.165, 1.54) is 0 Å². The lowest BCUT2D eigenvalue weighted by molar-refractivity contribution is -0.137. The van der Waals surface area contributed by atoms with Crippen molar-refractivity contribution in [3.05, 3.63) is 17.5 Å².